The third-order valence-electron chi connectivity index (χ3n) is 9.66. The number of aliphatic hydroxyl groups excluding tert-OH is 1. The Balaban J connectivity index is 1.44. The van der Waals surface area contributed by atoms with Crippen molar-refractivity contribution in [2.45, 2.75) is 115 Å². The molecule has 0 aromatic heterocycles. The second-order valence-corrected chi connectivity index (χ2v) is 11.9. The summed E-state index contributed by atoms with van der Waals surface area (Å²) in [4.78, 5) is 11.0. The Labute approximate surface area is 214 Å². The average Bonchev–Trinajstić information content (AvgIpc) is 3.15. The van der Waals surface area contributed by atoms with Gasteiger partial charge in [-0.25, -0.2) is 9.78 Å². The summed E-state index contributed by atoms with van der Waals surface area (Å²) in [5.74, 6) is 0.358. The SMILES string of the molecule is C[C@H](CCCC(O)(C(F)(F)F)C(F)(F)F)[C@H]1CC[C@H]2/C(=C/[C@H]3OOCC4=C3C[C@@H](O)CC4)CCC[C@]12C. The first-order chi connectivity index (χ1) is 17.2. The van der Waals surface area contributed by atoms with Gasteiger partial charge in [-0.2, -0.15) is 26.3 Å². The van der Waals surface area contributed by atoms with E-state index >= 15 is 0 Å². The smallest absolute Gasteiger partial charge is 0.393 e. The monoisotopic (exact) mass is 540 g/mol. The molecule has 3 aliphatic carbocycles. The number of aliphatic hydroxyl groups is 2. The van der Waals surface area contributed by atoms with Crippen LogP contribution in [-0.4, -0.2) is 47.0 Å². The first kappa shape index (κ1) is 28.9. The van der Waals surface area contributed by atoms with E-state index < -0.39 is 24.4 Å². The quantitative estimate of drug-likeness (QED) is 0.217. The number of hydrogen-bond acceptors (Lipinski definition) is 4. The maximum absolute atomic E-state index is 13.1. The van der Waals surface area contributed by atoms with E-state index in [4.69, 9.17) is 9.78 Å². The van der Waals surface area contributed by atoms with Gasteiger partial charge in [0.25, 0.3) is 5.60 Å². The van der Waals surface area contributed by atoms with Gasteiger partial charge in [0.2, 0.25) is 0 Å². The van der Waals surface area contributed by atoms with Crippen LogP contribution in [0.1, 0.15) is 84.5 Å². The van der Waals surface area contributed by atoms with Crippen LogP contribution >= 0.6 is 0 Å². The maximum Gasteiger partial charge on any atom is 0.426 e. The fourth-order valence-electron chi connectivity index (χ4n) is 7.58. The maximum atomic E-state index is 13.1. The van der Waals surface area contributed by atoms with Crippen LogP contribution in [0, 0.1) is 23.2 Å². The van der Waals surface area contributed by atoms with Crippen LogP contribution in [0.2, 0.25) is 0 Å². The normalized spacial score (nSPS) is 35.5. The highest BCUT2D eigenvalue weighted by Crippen LogP contribution is 2.60. The molecule has 10 heteroatoms. The van der Waals surface area contributed by atoms with Crippen molar-refractivity contribution < 1.29 is 46.3 Å². The Kier molecular flexibility index (Phi) is 8.18. The minimum absolute atomic E-state index is 0.0721. The Morgan fingerprint density at radius 1 is 1.08 bits per heavy atom. The Bertz CT molecular complexity index is 880. The van der Waals surface area contributed by atoms with E-state index in [1.165, 1.54) is 11.1 Å². The van der Waals surface area contributed by atoms with Gasteiger partial charge in [-0.15, -0.1) is 0 Å². The molecule has 6 atom stereocenters. The van der Waals surface area contributed by atoms with Gasteiger partial charge >= 0.3 is 12.4 Å². The largest absolute Gasteiger partial charge is 0.426 e. The zero-order chi connectivity index (χ0) is 27.2. The van der Waals surface area contributed by atoms with E-state index in [9.17, 15) is 36.6 Å². The zero-order valence-electron chi connectivity index (χ0n) is 21.4. The van der Waals surface area contributed by atoms with E-state index in [0.29, 0.717) is 13.0 Å². The summed E-state index contributed by atoms with van der Waals surface area (Å²) in [6.45, 7) is 4.53. The van der Waals surface area contributed by atoms with Gasteiger partial charge in [-0.05, 0) is 105 Å². The first-order valence-corrected chi connectivity index (χ1v) is 13.4. The van der Waals surface area contributed by atoms with Gasteiger partial charge in [0.1, 0.15) is 12.7 Å². The lowest BCUT2D eigenvalue weighted by Crippen LogP contribution is -2.56. The molecule has 4 aliphatic rings. The lowest BCUT2D eigenvalue weighted by atomic mass is 9.60. The predicted molar refractivity (Wildman–Crippen MR) is 124 cm³/mol. The van der Waals surface area contributed by atoms with Crippen molar-refractivity contribution in [3.05, 3.63) is 22.8 Å². The number of alkyl halides is 6. The number of hydrogen-bond donors (Lipinski definition) is 2. The van der Waals surface area contributed by atoms with Gasteiger partial charge < -0.3 is 10.2 Å². The Morgan fingerprint density at radius 2 is 1.78 bits per heavy atom. The molecule has 2 fully saturated rings. The van der Waals surface area contributed by atoms with Gasteiger partial charge in [0.05, 0.1) is 6.10 Å². The van der Waals surface area contributed by atoms with Crippen molar-refractivity contribution in [2.75, 3.05) is 6.61 Å². The molecule has 2 saturated carbocycles. The van der Waals surface area contributed by atoms with Crippen LogP contribution in [0.5, 0.6) is 0 Å². The highest BCUT2D eigenvalue weighted by atomic mass is 19.4. The van der Waals surface area contributed by atoms with Crippen molar-refractivity contribution in [1.29, 1.82) is 0 Å². The first-order valence-electron chi connectivity index (χ1n) is 13.4. The molecule has 0 aromatic carbocycles. The average molecular weight is 541 g/mol. The van der Waals surface area contributed by atoms with Crippen LogP contribution in [0.25, 0.3) is 0 Å². The second kappa shape index (κ2) is 10.5. The third kappa shape index (κ3) is 5.50. The van der Waals surface area contributed by atoms with Crippen LogP contribution in [-0.2, 0) is 9.78 Å². The number of halogens is 6. The molecule has 0 bridgehead atoms. The van der Waals surface area contributed by atoms with Crippen LogP contribution in [0.4, 0.5) is 26.3 Å². The van der Waals surface area contributed by atoms with E-state index in [1.807, 2.05) is 6.92 Å². The minimum Gasteiger partial charge on any atom is -0.393 e. The molecule has 1 aliphatic heterocycles. The molecule has 0 unspecified atom stereocenters. The Hall–Kier alpha value is -1.10. The second-order valence-electron chi connectivity index (χ2n) is 11.9. The summed E-state index contributed by atoms with van der Waals surface area (Å²) < 4.78 is 78.3. The van der Waals surface area contributed by atoms with E-state index in [2.05, 4.69) is 13.0 Å². The minimum atomic E-state index is -5.77. The standard InChI is InChI=1S/C27H38F6O4/c1-16(5-3-12-25(35,26(28,29)30)27(31,32)33)21-9-10-22-17(6-4-11-24(21,22)2)13-23-20-14-19(34)8-7-18(20)15-36-37-23/h13,16,19,21-23,34-35H,3-12,14-15H2,1-2H3/b17-13+/t16-,19+,21-,22+,23-,24-/m1/s1. The third-order valence-corrected chi connectivity index (χ3v) is 9.66. The Morgan fingerprint density at radius 3 is 2.46 bits per heavy atom. The van der Waals surface area contributed by atoms with Crippen molar-refractivity contribution in [3.63, 3.8) is 0 Å². The molecular formula is C27H38F6O4. The highest BCUT2D eigenvalue weighted by molar-refractivity contribution is 5.31. The summed E-state index contributed by atoms with van der Waals surface area (Å²) in [6, 6.07) is 0. The fourth-order valence-corrected chi connectivity index (χ4v) is 7.58. The number of allylic oxidation sites excluding steroid dienone is 1. The fraction of sp³-hybridized carbons (Fsp3) is 0.852. The zero-order valence-corrected chi connectivity index (χ0v) is 21.4. The molecule has 0 radical (unpaired) electrons. The molecule has 0 aromatic rings. The number of fused-ring (bicyclic) bond motifs is 1. The van der Waals surface area contributed by atoms with Crippen LogP contribution in [0.3, 0.4) is 0 Å². The summed E-state index contributed by atoms with van der Waals surface area (Å²) >= 11 is 0. The summed E-state index contributed by atoms with van der Waals surface area (Å²) in [5, 5.41) is 19.7. The summed E-state index contributed by atoms with van der Waals surface area (Å²) in [5.41, 5.74) is -1.23. The lowest BCUT2D eigenvalue weighted by Gasteiger charge is -2.45. The molecule has 0 amide bonds. The predicted octanol–water partition coefficient (Wildman–Crippen LogP) is 6.96. The van der Waals surface area contributed by atoms with E-state index in [0.717, 1.165) is 50.5 Å². The topological polar surface area (TPSA) is 58.9 Å². The number of rotatable bonds is 6. The molecule has 4 rings (SSSR count). The molecule has 1 heterocycles. The van der Waals surface area contributed by atoms with Crippen molar-refractivity contribution in [2.24, 2.45) is 23.2 Å². The van der Waals surface area contributed by atoms with Crippen molar-refractivity contribution >= 4 is 0 Å². The molecule has 4 nitrogen and oxygen atoms in total. The van der Waals surface area contributed by atoms with Gasteiger partial charge in [-0.3, -0.25) is 0 Å². The molecule has 0 spiro atoms. The van der Waals surface area contributed by atoms with Crippen molar-refractivity contribution in [1.82, 2.24) is 0 Å². The molecule has 2 N–H and O–H groups in total. The van der Waals surface area contributed by atoms with E-state index in [-0.39, 0.29) is 48.2 Å². The van der Waals surface area contributed by atoms with E-state index in [1.54, 1.807) is 0 Å². The molecule has 212 valence electrons. The van der Waals surface area contributed by atoms with Gasteiger partial charge in [0.15, 0.2) is 0 Å². The van der Waals surface area contributed by atoms with Crippen molar-refractivity contribution in [3.8, 4) is 0 Å². The summed E-state index contributed by atoms with van der Waals surface area (Å²) in [7, 11) is 0. The highest BCUT2D eigenvalue weighted by Gasteiger charge is 2.69. The summed E-state index contributed by atoms with van der Waals surface area (Å²) in [6.07, 6.45) is -5.02. The molecule has 37 heavy (non-hydrogen) atoms. The molecular weight excluding hydrogens is 502 g/mol. The van der Waals surface area contributed by atoms with Gasteiger partial charge in [0, 0.05) is 0 Å². The van der Waals surface area contributed by atoms with Crippen LogP contribution < -0.4 is 0 Å². The lowest BCUT2D eigenvalue weighted by molar-refractivity contribution is -0.370. The van der Waals surface area contributed by atoms with Gasteiger partial charge in [-0.1, -0.05) is 25.8 Å². The van der Waals surface area contributed by atoms with Crippen LogP contribution in [0.15, 0.2) is 22.8 Å². The molecule has 0 saturated heterocycles.